The number of halogens is 6. The zero-order valence-corrected chi connectivity index (χ0v) is 38.4. The molecule has 0 unspecified atom stereocenters. The molecule has 0 aromatic carbocycles. The maximum atomic E-state index is 12.7. The third-order valence-electron chi connectivity index (χ3n) is 10.2. The van der Waals surface area contributed by atoms with E-state index in [0.717, 1.165) is 37.1 Å². The summed E-state index contributed by atoms with van der Waals surface area (Å²) in [5, 5.41) is 0. The monoisotopic (exact) mass is 870 g/mol. The Balaban J connectivity index is 0.00000438. The molecule has 0 atom stereocenters. The number of carbonyl (C=O) groups is 2. The molecule has 0 fully saturated rings. The molecule has 5 nitrogen and oxygen atoms in total. The third-order valence-corrected chi connectivity index (χ3v) is 10.2. The van der Waals surface area contributed by atoms with E-state index in [2.05, 4.69) is 75.6 Å². The van der Waals surface area contributed by atoms with Crippen LogP contribution >= 0.6 is 7.81 Å². The van der Waals surface area contributed by atoms with E-state index in [1.807, 2.05) is 0 Å². The number of hydrogen-bond acceptors (Lipinski definition) is 4. The van der Waals surface area contributed by atoms with Gasteiger partial charge in [-0.2, -0.15) is 4.57 Å². The van der Waals surface area contributed by atoms with Crippen LogP contribution in [0.5, 0.6) is 0 Å². The van der Waals surface area contributed by atoms with Gasteiger partial charge in [0.25, 0.3) is 0 Å². The van der Waals surface area contributed by atoms with Gasteiger partial charge in [-0.3, -0.25) is 9.59 Å². The van der Waals surface area contributed by atoms with Gasteiger partial charge >= 0.3 is 44.9 Å². The van der Waals surface area contributed by atoms with Crippen LogP contribution < -0.4 is 4.57 Å². The molecule has 0 bridgehead atoms. The number of hydrogen-bond donors (Lipinski definition) is 0. The summed E-state index contributed by atoms with van der Waals surface area (Å²) in [6.45, 7) is 11.2. The van der Waals surface area contributed by atoms with E-state index < -0.39 is 7.81 Å². The second-order valence-electron chi connectivity index (χ2n) is 16.3. The standard InChI is InChI=1S/C47H82NO4.F6P/c1-6-8-10-12-14-16-18-20-22-24-26-28-30-32-34-36-46(49)51-40-45(48-43(4)38-42(3)39-44(48)5)41-52-47(50)37-35-33-31-29-27-25-23-21-19-17-15-13-11-9-7-2;1-7(2,3,4,5)6/h18-21,38-39,45H,6-17,22-37,40-41H2,1-5H3;/q+1;-1/b20-18-,21-19-;. The summed E-state index contributed by atoms with van der Waals surface area (Å²) in [6.07, 6.45) is 42.4. The van der Waals surface area contributed by atoms with Gasteiger partial charge in [0.2, 0.25) is 6.04 Å². The van der Waals surface area contributed by atoms with Crippen molar-refractivity contribution < 1.29 is 48.8 Å². The average Bonchev–Trinajstić information content (AvgIpc) is 3.14. The molecule has 346 valence electrons. The van der Waals surface area contributed by atoms with Gasteiger partial charge in [0.05, 0.1) is 0 Å². The number of allylic oxidation sites excluding steroid dienone is 4. The van der Waals surface area contributed by atoms with E-state index in [-0.39, 0.29) is 31.2 Å². The molecule has 0 aliphatic heterocycles. The van der Waals surface area contributed by atoms with Crippen molar-refractivity contribution in [2.45, 2.75) is 220 Å². The Morgan fingerprint density at radius 1 is 0.508 bits per heavy atom. The van der Waals surface area contributed by atoms with Crippen LogP contribution in [0, 0.1) is 20.8 Å². The Kier molecular flexibility index (Phi) is 31.0. The molecule has 0 saturated heterocycles. The van der Waals surface area contributed by atoms with Gasteiger partial charge in [0, 0.05) is 38.8 Å². The molecule has 0 amide bonds. The van der Waals surface area contributed by atoms with E-state index >= 15 is 0 Å². The van der Waals surface area contributed by atoms with Gasteiger partial charge in [0.1, 0.15) is 0 Å². The van der Waals surface area contributed by atoms with Crippen LogP contribution in [0.25, 0.3) is 0 Å². The number of unbranched alkanes of at least 4 members (excludes halogenated alkanes) is 22. The molecule has 1 heterocycles. The first-order valence-corrected chi connectivity index (χ1v) is 25.0. The number of aryl methyl sites for hydroxylation is 3. The minimum absolute atomic E-state index is 0.159. The van der Waals surface area contributed by atoms with E-state index in [1.165, 1.54) is 147 Å². The summed E-state index contributed by atoms with van der Waals surface area (Å²) in [5.74, 6) is -0.319. The Morgan fingerprint density at radius 2 is 0.780 bits per heavy atom. The average molecular weight is 870 g/mol. The predicted octanol–water partition coefficient (Wildman–Crippen LogP) is 17.0. The molecule has 1 aromatic heterocycles. The van der Waals surface area contributed by atoms with Gasteiger partial charge in [-0.15, -0.1) is 0 Å². The minimum atomic E-state index is -10.7. The van der Waals surface area contributed by atoms with E-state index in [0.29, 0.717) is 12.8 Å². The molecule has 59 heavy (non-hydrogen) atoms. The van der Waals surface area contributed by atoms with Gasteiger partial charge in [-0.05, 0) is 76.7 Å². The van der Waals surface area contributed by atoms with E-state index in [1.54, 1.807) is 0 Å². The molecule has 0 aliphatic rings. The molecule has 0 saturated carbocycles. The summed E-state index contributed by atoms with van der Waals surface area (Å²) in [4.78, 5) is 25.4. The summed E-state index contributed by atoms with van der Waals surface area (Å²) < 4.78 is 72.9. The first kappa shape index (κ1) is 56.6. The number of aromatic nitrogens is 1. The normalized spacial score (nSPS) is 13.1. The number of nitrogens with zero attached hydrogens (tertiary/aromatic N) is 1. The first-order chi connectivity index (χ1) is 27.8. The fourth-order valence-corrected chi connectivity index (χ4v) is 7.09. The maximum absolute atomic E-state index is 12.7. The number of rotatable bonds is 35. The molecule has 0 N–H and O–H groups in total. The molecular weight excluding hydrogens is 787 g/mol. The Hall–Kier alpha value is -2.42. The molecule has 12 heteroatoms. The molecule has 0 aliphatic carbocycles. The van der Waals surface area contributed by atoms with Crippen molar-refractivity contribution in [2.75, 3.05) is 13.2 Å². The zero-order valence-electron chi connectivity index (χ0n) is 37.5. The van der Waals surface area contributed by atoms with Gasteiger partial charge in [-0.25, -0.2) is 0 Å². The molecule has 1 rings (SSSR count). The van der Waals surface area contributed by atoms with Crippen LogP contribution in [0.1, 0.15) is 217 Å². The molecule has 1 aromatic rings. The van der Waals surface area contributed by atoms with Crippen molar-refractivity contribution in [3.8, 4) is 0 Å². The SMILES string of the molecule is CCCCCCC/C=C\CCCCCCCCC(=O)OCC(COC(=O)CCCCCCCC/C=C\CCCCCCC)[n+]1c(C)cc(C)cc1C.F[P-](F)(F)(F)(F)F. The molecule has 0 spiro atoms. The van der Waals surface area contributed by atoms with Crippen molar-refractivity contribution in [1.82, 2.24) is 0 Å². The fraction of sp³-hybridized carbons (Fsp3) is 0.766. The fourth-order valence-electron chi connectivity index (χ4n) is 7.09. The van der Waals surface area contributed by atoms with Crippen LogP contribution in [0.15, 0.2) is 36.4 Å². The topological polar surface area (TPSA) is 56.5 Å². The second kappa shape index (κ2) is 32.3. The summed E-state index contributed by atoms with van der Waals surface area (Å²) in [5.41, 5.74) is 3.34. The van der Waals surface area contributed by atoms with Crippen molar-refractivity contribution in [3.63, 3.8) is 0 Å². The quantitative estimate of drug-likeness (QED) is 0.0170. The summed E-state index contributed by atoms with van der Waals surface area (Å²) in [6, 6.07) is 4.02. The zero-order chi connectivity index (χ0) is 44.3. The van der Waals surface area contributed by atoms with Crippen LogP contribution in [0.3, 0.4) is 0 Å². The molecular formula is C47H82F6NO4P. The van der Waals surface area contributed by atoms with Crippen molar-refractivity contribution in [3.05, 3.63) is 53.4 Å². The van der Waals surface area contributed by atoms with Crippen molar-refractivity contribution in [1.29, 1.82) is 0 Å². The number of ether oxygens (including phenoxy) is 2. The number of pyridine rings is 1. The Morgan fingerprint density at radius 3 is 1.08 bits per heavy atom. The van der Waals surface area contributed by atoms with E-state index in [9.17, 15) is 34.8 Å². The van der Waals surface area contributed by atoms with Crippen LogP contribution in [0.4, 0.5) is 25.2 Å². The summed E-state index contributed by atoms with van der Waals surface area (Å²) in [7, 11) is -10.7. The Bertz CT molecular complexity index is 1210. The van der Waals surface area contributed by atoms with Crippen LogP contribution in [-0.2, 0) is 19.1 Å². The van der Waals surface area contributed by atoms with Gasteiger partial charge in [0.15, 0.2) is 24.6 Å². The van der Waals surface area contributed by atoms with Crippen LogP contribution in [-0.4, -0.2) is 25.2 Å². The predicted molar refractivity (Wildman–Crippen MR) is 234 cm³/mol. The second-order valence-corrected chi connectivity index (χ2v) is 18.2. The van der Waals surface area contributed by atoms with Crippen molar-refractivity contribution >= 4 is 19.7 Å². The van der Waals surface area contributed by atoms with Crippen molar-refractivity contribution in [2.24, 2.45) is 0 Å². The van der Waals surface area contributed by atoms with Crippen LogP contribution in [0.2, 0.25) is 0 Å². The summed E-state index contributed by atoms with van der Waals surface area (Å²) >= 11 is 0. The van der Waals surface area contributed by atoms with Gasteiger partial charge in [-0.1, -0.05) is 141 Å². The van der Waals surface area contributed by atoms with Gasteiger partial charge < -0.3 is 9.47 Å². The van der Waals surface area contributed by atoms with E-state index in [4.69, 9.17) is 9.47 Å². The number of esters is 2. The third kappa shape index (κ3) is 42.1. The number of carbonyl (C=O) groups excluding carboxylic acids is 2. The Labute approximate surface area is 354 Å². The first-order valence-electron chi connectivity index (χ1n) is 23.0. The molecule has 0 radical (unpaired) electrons.